The average molecular weight is 254 g/mol. The van der Waals surface area contributed by atoms with Gasteiger partial charge in [-0.05, 0) is 39.6 Å². The second-order valence-electron chi connectivity index (χ2n) is 4.22. The fraction of sp³-hybridized carbons (Fsp3) is 0.500. The number of nitrogens with zero attached hydrogens (tertiary/aromatic N) is 2. The molecule has 0 aliphatic heterocycles. The number of carbonyl (C=O) groups is 1. The normalized spacial score (nSPS) is 10.9. The maximum Gasteiger partial charge on any atom is 0.338 e. The number of rotatable bonds is 5. The summed E-state index contributed by atoms with van der Waals surface area (Å²) in [6.07, 6.45) is 0. The van der Waals surface area contributed by atoms with E-state index in [0.717, 1.165) is 23.6 Å². The molecule has 0 saturated heterocycles. The summed E-state index contributed by atoms with van der Waals surface area (Å²) in [7, 11) is 3.99. The molecule has 5 heteroatoms. The zero-order chi connectivity index (χ0) is 13.0. The molecule has 0 fully saturated rings. The monoisotopic (exact) mass is 254 g/mol. The van der Waals surface area contributed by atoms with E-state index in [9.17, 15) is 9.90 Å². The second-order valence-corrected chi connectivity index (χ2v) is 5.30. The number of carboxylic acids is 1. The Labute approximate surface area is 106 Å². The van der Waals surface area contributed by atoms with Crippen molar-refractivity contribution in [2.45, 2.75) is 18.9 Å². The van der Waals surface area contributed by atoms with Crippen LogP contribution >= 0.6 is 11.8 Å². The van der Waals surface area contributed by atoms with Gasteiger partial charge in [-0.1, -0.05) is 0 Å². The Bertz CT molecular complexity index is 419. The number of thioether (sulfide) groups is 1. The number of aromatic nitrogens is 1. The van der Waals surface area contributed by atoms with Crippen LogP contribution in [0.1, 0.15) is 21.6 Å². The highest BCUT2D eigenvalue weighted by atomic mass is 32.2. The SMILES string of the molecule is Cc1cc(C)c(C(=O)O)c(SCCN(C)C)n1. The van der Waals surface area contributed by atoms with Gasteiger partial charge in [0.1, 0.15) is 5.03 Å². The summed E-state index contributed by atoms with van der Waals surface area (Å²) in [5, 5.41) is 9.80. The molecule has 94 valence electrons. The van der Waals surface area contributed by atoms with Crippen molar-refractivity contribution in [1.29, 1.82) is 0 Å². The van der Waals surface area contributed by atoms with E-state index in [0.29, 0.717) is 10.6 Å². The number of pyridine rings is 1. The largest absolute Gasteiger partial charge is 0.478 e. The Morgan fingerprint density at radius 3 is 2.65 bits per heavy atom. The van der Waals surface area contributed by atoms with Gasteiger partial charge >= 0.3 is 5.97 Å². The molecular weight excluding hydrogens is 236 g/mol. The van der Waals surface area contributed by atoms with Crippen molar-refractivity contribution in [3.8, 4) is 0 Å². The summed E-state index contributed by atoms with van der Waals surface area (Å²) < 4.78 is 0. The van der Waals surface area contributed by atoms with E-state index in [1.165, 1.54) is 11.8 Å². The minimum absolute atomic E-state index is 0.333. The van der Waals surface area contributed by atoms with Crippen LogP contribution in [0.2, 0.25) is 0 Å². The lowest BCUT2D eigenvalue weighted by atomic mass is 10.1. The van der Waals surface area contributed by atoms with Gasteiger partial charge in [-0.3, -0.25) is 0 Å². The van der Waals surface area contributed by atoms with Crippen LogP contribution in [-0.4, -0.2) is 47.4 Å². The molecule has 0 aromatic carbocycles. The third-order valence-electron chi connectivity index (χ3n) is 2.30. The lowest BCUT2D eigenvalue weighted by Crippen LogP contribution is -2.15. The Morgan fingerprint density at radius 1 is 1.47 bits per heavy atom. The maximum atomic E-state index is 11.2. The van der Waals surface area contributed by atoms with E-state index in [4.69, 9.17) is 0 Å². The summed E-state index contributed by atoms with van der Waals surface area (Å²) in [6, 6.07) is 1.81. The minimum atomic E-state index is -0.901. The van der Waals surface area contributed by atoms with E-state index in [1.54, 1.807) is 6.07 Å². The Balaban J connectivity index is 2.92. The van der Waals surface area contributed by atoms with Gasteiger partial charge in [0, 0.05) is 18.0 Å². The number of carboxylic acid groups (broad SMARTS) is 1. The number of aromatic carboxylic acids is 1. The summed E-state index contributed by atoms with van der Waals surface area (Å²) in [5.74, 6) is -0.0641. The van der Waals surface area contributed by atoms with Gasteiger partial charge < -0.3 is 10.0 Å². The van der Waals surface area contributed by atoms with Crippen molar-refractivity contribution in [3.05, 3.63) is 22.9 Å². The summed E-state index contributed by atoms with van der Waals surface area (Å²) >= 11 is 1.50. The van der Waals surface area contributed by atoms with Gasteiger partial charge in [-0.2, -0.15) is 0 Å². The number of hydrogen-bond acceptors (Lipinski definition) is 4. The van der Waals surface area contributed by atoms with E-state index >= 15 is 0 Å². The zero-order valence-electron chi connectivity index (χ0n) is 10.6. The zero-order valence-corrected chi connectivity index (χ0v) is 11.5. The highest BCUT2D eigenvalue weighted by molar-refractivity contribution is 7.99. The van der Waals surface area contributed by atoms with Gasteiger partial charge in [-0.15, -0.1) is 11.8 Å². The Hall–Kier alpha value is -1.07. The molecule has 0 spiro atoms. The molecule has 17 heavy (non-hydrogen) atoms. The molecule has 0 atom stereocenters. The van der Waals surface area contributed by atoms with Gasteiger partial charge in [0.05, 0.1) is 5.56 Å². The van der Waals surface area contributed by atoms with Crippen molar-refractivity contribution in [2.24, 2.45) is 0 Å². The summed E-state index contributed by atoms with van der Waals surface area (Å²) in [6.45, 7) is 4.60. The van der Waals surface area contributed by atoms with Crippen molar-refractivity contribution in [1.82, 2.24) is 9.88 Å². The van der Waals surface area contributed by atoms with Crippen LogP contribution in [0.3, 0.4) is 0 Å². The van der Waals surface area contributed by atoms with Crippen LogP contribution < -0.4 is 0 Å². The molecule has 0 radical (unpaired) electrons. The van der Waals surface area contributed by atoms with Gasteiger partial charge in [0.15, 0.2) is 0 Å². The fourth-order valence-corrected chi connectivity index (χ4v) is 2.74. The molecular formula is C12H18N2O2S. The van der Waals surface area contributed by atoms with Crippen LogP contribution in [-0.2, 0) is 0 Å². The molecule has 0 saturated carbocycles. The fourth-order valence-electron chi connectivity index (χ4n) is 1.49. The first kappa shape index (κ1) is 14.0. The molecule has 1 rings (SSSR count). The van der Waals surface area contributed by atoms with Crippen molar-refractivity contribution in [3.63, 3.8) is 0 Å². The molecule has 1 N–H and O–H groups in total. The van der Waals surface area contributed by atoms with Crippen LogP contribution in [0.25, 0.3) is 0 Å². The highest BCUT2D eigenvalue weighted by Crippen LogP contribution is 2.24. The topological polar surface area (TPSA) is 53.4 Å². The van der Waals surface area contributed by atoms with Gasteiger partial charge in [0.2, 0.25) is 0 Å². The van der Waals surface area contributed by atoms with Crippen LogP contribution in [0.15, 0.2) is 11.1 Å². The van der Waals surface area contributed by atoms with E-state index < -0.39 is 5.97 Å². The number of aryl methyl sites for hydroxylation is 2. The first-order valence-electron chi connectivity index (χ1n) is 5.41. The standard InChI is InChI=1S/C12H18N2O2S/c1-8-7-9(2)13-11(10(8)12(15)16)17-6-5-14(3)4/h7H,5-6H2,1-4H3,(H,15,16). The predicted molar refractivity (Wildman–Crippen MR) is 69.9 cm³/mol. The van der Waals surface area contributed by atoms with Crippen molar-refractivity contribution >= 4 is 17.7 Å². The maximum absolute atomic E-state index is 11.2. The Morgan fingerprint density at radius 2 is 2.12 bits per heavy atom. The minimum Gasteiger partial charge on any atom is -0.478 e. The predicted octanol–water partition coefficient (Wildman–Crippen LogP) is 2.05. The lowest BCUT2D eigenvalue weighted by molar-refractivity contribution is 0.0691. The lowest BCUT2D eigenvalue weighted by Gasteiger charge is -2.11. The van der Waals surface area contributed by atoms with E-state index in [-0.39, 0.29) is 0 Å². The third-order valence-corrected chi connectivity index (χ3v) is 3.26. The molecule has 0 aliphatic carbocycles. The van der Waals surface area contributed by atoms with Crippen LogP contribution in [0.4, 0.5) is 0 Å². The van der Waals surface area contributed by atoms with Crippen LogP contribution in [0, 0.1) is 13.8 Å². The number of hydrogen-bond donors (Lipinski definition) is 1. The quantitative estimate of drug-likeness (QED) is 0.815. The van der Waals surface area contributed by atoms with E-state index in [1.807, 2.05) is 27.9 Å². The first-order valence-corrected chi connectivity index (χ1v) is 6.39. The summed E-state index contributed by atoms with van der Waals surface area (Å²) in [5.41, 5.74) is 1.97. The summed E-state index contributed by atoms with van der Waals surface area (Å²) in [4.78, 5) is 17.6. The molecule has 1 heterocycles. The average Bonchev–Trinajstić information content (AvgIpc) is 2.14. The molecule has 1 aromatic heterocycles. The van der Waals surface area contributed by atoms with Crippen molar-refractivity contribution in [2.75, 3.05) is 26.4 Å². The molecule has 0 aliphatic rings. The second kappa shape index (κ2) is 6.02. The highest BCUT2D eigenvalue weighted by Gasteiger charge is 2.15. The third kappa shape index (κ3) is 4.02. The van der Waals surface area contributed by atoms with Crippen LogP contribution in [0.5, 0.6) is 0 Å². The molecule has 0 amide bonds. The first-order chi connectivity index (χ1) is 7.91. The van der Waals surface area contributed by atoms with Gasteiger partial charge in [0.25, 0.3) is 0 Å². The van der Waals surface area contributed by atoms with Gasteiger partial charge in [-0.25, -0.2) is 9.78 Å². The molecule has 4 nitrogen and oxygen atoms in total. The molecule has 0 bridgehead atoms. The van der Waals surface area contributed by atoms with Crippen molar-refractivity contribution < 1.29 is 9.90 Å². The molecule has 1 aromatic rings. The molecule has 0 unspecified atom stereocenters. The smallest absolute Gasteiger partial charge is 0.338 e. The Kier molecular flexibility index (Phi) is 4.96. The van der Waals surface area contributed by atoms with E-state index in [2.05, 4.69) is 9.88 Å².